The molecule has 0 saturated heterocycles. The smallest absolute Gasteiger partial charge is 0.124 e. The van der Waals surface area contributed by atoms with Gasteiger partial charge in [-0.25, -0.2) is 0 Å². The lowest BCUT2D eigenvalue weighted by molar-refractivity contribution is 0.335. The van der Waals surface area contributed by atoms with Crippen LogP contribution in [0.15, 0.2) is 36.7 Å². The van der Waals surface area contributed by atoms with Gasteiger partial charge in [0, 0.05) is 23.9 Å². The normalized spacial score (nSPS) is 12.4. The summed E-state index contributed by atoms with van der Waals surface area (Å²) < 4.78 is 7.56. The van der Waals surface area contributed by atoms with Crippen LogP contribution in [0.2, 0.25) is 0 Å². The second kappa shape index (κ2) is 6.38. The van der Waals surface area contributed by atoms with Crippen LogP contribution in [0.5, 0.6) is 5.75 Å². The summed E-state index contributed by atoms with van der Waals surface area (Å²) in [6.45, 7) is 5.66. The number of nitrogens with two attached hydrogens (primary N) is 1. The molecule has 102 valence electrons. The predicted octanol–water partition coefficient (Wildman–Crippen LogP) is 2.74. The van der Waals surface area contributed by atoms with Gasteiger partial charge in [-0.05, 0) is 19.4 Å². The zero-order valence-corrected chi connectivity index (χ0v) is 11.5. The van der Waals surface area contributed by atoms with Crippen molar-refractivity contribution in [2.45, 2.75) is 32.9 Å². The van der Waals surface area contributed by atoms with Crippen LogP contribution in [0.4, 0.5) is 0 Å². The quantitative estimate of drug-likeness (QED) is 0.867. The van der Waals surface area contributed by atoms with Gasteiger partial charge in [-0.1, -0.05) is 25.1 Å². The maximum absolute atomic E-state index is 6.32. The summed E-state index contributed by atoms with van der Waals surface area (Å²) in [5, 5.41) is 4.32. The Balaban J connectivity index is 2.24. The lowest BCUT2D eigenvalue weighted by atomic mass is 10.0. The van der Waals surface area contributed by atoms with E-state index in [4.69, 9.17) is 10.5 Å². The molecule has 0 spiro atoms. The maximum atomic E-state index is 6.32. The minimum absolute atomic E-state index is 0.201. The largest absolute Gasteiger partial charge is 0.494 e. The summed E-state index contributed by atoms with van der Waals surface area (Å²) in [5.41, 5.74) is 8.34. The van der Waals surface area contributed by atoms with Gasteiger partial charge in [0.05, 0.1) is 18.8 Å². The summed E-state index contributed by atoms with van der Waals surface area (Å²) in [6.07, 6.45) is 4.91. The predicted molar refractivity (Wildman–Crippen MR) is 76.2 cm³/mol. The van der Waals surface area contributed by atoms with Crippen LogP contribution >= 0.6 is 0 Å². The number of benzene rings is 1. The molecule has 1 atom stereocenters. The molecular weight excluding hydrogens is 238 g/mol. The van der Waals surface area contributed by atoms with Crippen molar-refractivity contribution < 1.29 is 4.74 Å². The lowest BCUT2D eigenvalue weighted by Gasteiger charge is -2.15. The van der Waals surface area contributed by atoms with E-state index >= 15 is 0 Å². The highest BCUT2D eigenvalue weighted by molar-refractivity contribution is 5.40. The molecule has 0 radical (unpaired) electrons. The van der Waals surface area contributed by atoms with Gasteiger partial charge in [0.15, 0.2) is 0 Å². The average molecular weight is 259 g/mol. The standard InChI is InChI=1S/C15H21N3O/c1-3-9-18-11-12(10-17-18)15(16)13-7-5-6-8-14(13)19-4-2/h5-8,10-11,15H,3-4,9,16H2,1-2H3. The van der Waals surface area contributed by atoms with Crippen molar-refractivity contribution in [3.8, 4) is 5.75 Å². The van der Waals surface area contributed by atoms with E-state index in [1.807, 2.05) is 48.3 Å². The van der Waals surface area contributed by atoms with Gasteiger partial charge in [0.2, 0.25) is 0 Å². The fourth-order valence-electron chi connectivity index (χ4n) is 2.10. The molecule has 1 aromatic heterocycles. The number of para-hydroxylation sites is 1. The Hall–Kier alpha value is -1.81. The molecule has 2 rings (SSSR count). The van der Waals surface area contributed by atoms with Crippen LogP contribution in [-0.2, 0) is 6.54 Å². The third-order valence-electron chi connectivity index (χ3n) is 3.02. The number of hydrogen-bond donors (Lipinski definition) is 1. The Kier molecular flexibility index (Phi) is 4.58. The first-order valence-corrected chi connectivity index (χ1v) is 6.76. The van der Waals surface area contributed by atoms with Gasteiger partial charge in [0.1, 0.15) is 5.75 Å². The molecule has 1 heterocycles. The molecule has 19 heavy (non-hydrogen) atoms. The molecule has 0 aliphatic rings. The first-order valence-electron chi connectivity index (χ1n) is 6.76. The zero-order chi connectivity index (χ0) is 13.7. The van der Waals surface area contributed by atoms with Crippen LogP contribution in [0, 0.1) is 0 Å². The highest BCUT2D eigenvalue weighted by atomic mass is 16.5. The fraction of sp³-hybridized carbons (Fsp3) is 0.400. The van der Waals surface area contributed by atoms with Crippen molar-refractivity contribution in [2.24, 2.45) is 5.73 Å². The van der Waals surface area contributed by atoms with Crippen LogP contribution < -0.4 is 10.5 Å². The average Bonchev–Trinajstić information content (AvgIpc) is 2.88. The Morgan fingerprint density at radius 2 is 2.11 bits per heavy atom. The molecule has 4 nitrogen and oxygen atoms in total. The Labute approximate surface area is 114 Å². The van der Waals surface area contributed by atoms with Crippen LogP contribution in [0.25, 0.3) is 0 Å². The molecule has 0 bridgehead atoms. The number of aryl methyl sites for hydroxylation is 1. The Morgan fingerprint density at radius 3 is 2.84 bits per heavy atom. The second-order valence-electron chi connectivity index (χ2n) is 4.49. The first-order chi connectivity index (χ1) is 9.26. The first kappa shape index (κ1) is 13.6. The third kappa shape index (κ3) is 3.15. The van der Waals surface area contributed by atoms with Gasteiger partial charge in [-0.3, -0.25) is 4.68 Å². The van der Waals surface area contributed by atoms with E-state index in [1.165, 1.54) is 0 Å². The van der Waals surface area contributed by atoms with Crippen LogP contribution in [-0.4, -0.2) is 16.4 Å². The minimum atomic E-state index is -0.201. The summed E-state index contributed by atoms with van der Waals surface area (Å²) in [6, 6.07) is 7.70. The monoisotopic (exact) mass is 259 g/mol. The van der Waals surface area contributed by atoms with Crippen molar-refractivity contribution in [3.05, 3.63) is 47.8 Å². The summed E-state index contributed by atoms with van der Waals surface area (Å²) in [7, 11) is 0. The van der Waals surface area contributed by atoms with Crippen molar-refractivity contribution in [2.75, 3.05) is 6.61 Å². The van der Waals surface area contributed by atoms with Gasteiger partial charge in [-0.15, -0.1) is 0 Å². The summed E-state index contributed by atoms with van der Waals surface area (Å²) in [4.78, 5) is 0. The van der Waals surface area contributed by atoms with E-state index in [2.05, 4.69) is 12.0 Å². The molecule has 1 aromatic carbocycles. The van der Waals surface area contributed by atoms with Crippen molar-refractivity contribution in [1.82, 2.24) is 9.78 Å². The molecule has 1 unspecified atom stereocenters. The third-order valence-corrected chi connectivity index (χ3v) is 3.02. The molecule has 2 aromatic rings. The number of ether oxygens (including phenoxy) is 1. The molecular formula is C15H21N3O. The van der Waals surface area contributed by atoms with E-state index in [9.17, 15) is 0 Å². The number of rotatable bonds is 6. The molecule has 0 aliphatic heterocycles. The van der Waals surface area contributed by atoms with E-state index in [1.54, 1.807) is 0 Å². The number of hydrogen-bond acceptors (Lipinski definition) is 3. The van der Waals surface area contributed by atoms with E-state index in [0.717, 1.165) is 29.8 Å². The van der Waals surface area contributed by atoms with E-state index < -0.39 is 0 Å². The fourth-order valence-corrected chi connectivity index (χ4v) is 2.10. The zero-order valence-electron chi connectivity index (χ0n) is 11.5. The SMILES string of the molecule is CCCn1cc(C(N)c2ccccc2OCC)cn1. The number of nitrogens with zero attached hydrogens (tertiary/aromatic N) is 2. The molecule has 0 aliphatic carbocycles. The van der Waals surface area contributed by atoms with Crippen molar-refractivity contribution in [1.29, 1.82) is 0 Å². The molecule has 2 N–H and O–H groups in total. The lowest BCUT2D eigenvalue weighted by Crippen LogP contribution is -2.13. The molecule has 0 fully saturated rings. The highest BCUT2D eigenvalue weighted by Crippen LogP contribution is 2.27. The van der Waals surface area contributed by atoms with Gasteiger partial charge in [-0.2, -0.15) is 5.10 Å². The number of aromatic nitrogens is 2. The van der Waals surface area contributed by atoms with Crippen LogP contribution in [0.1, 0.15) is 37.4 Å². The Morgan fingerprint density at radius 1 is 1.32 bits per heavy atom. The van der Waals surface area contributed by atoms with Gasteiger partial charge in [0.25, 0.3) is 0 Å². The topological polar surface area (TPSA) is 53.1 Å². The van der Waals surface area contributed by atoms with E-state index in [0.29, 0.717) is 6.61 Å². The van der Waals surface area contributed by atoms with Gasteiger partial charge >= 0.3 is 0 Å². The summed E-state index contributed by atoms with van der Waals surface area (Å²) in [5.74, 6) is 0.848. The van der Waals surface area contributed by atoms with Crippen molar-refractivity contribution >= 4 is 0 Å². The molecule has 4 heteroatoms. The second-order valence-corrected chi connectivity index (χ2v) is 4.49. The van der Waals surface area contributed by atoms with E-state index in [-0.39, 0.29) is 6.04 Å². The Bertz CT molecular complexity index is 522. The minimum Gasteiger partial charge on any atom is -0.494 e. The highest BCUT2D eigenvalue weighted by Gasteiger charge is 2.15. The molecule has 0 amide bonds. The van der Waals surface area contributed by atoms with Gasteiger partial charge < -0.3 is 10.5 Å². The van der Waals surface area contributed by atoms with Crippen LogP contribution in [0.3, 0.4) is 0 Å². The molecule has 0 saturated carbocycles. The maximum Gasteiger partial charge on any atom is 0.124 e. The van der Waals surface area contributed by atoms with Crippen molar-refractivity contribution in [3.63, 3.8) is 0 Å². The summed E-state index contributed by atoms with van der Waals surface area (Å²) >= 11 is 0.